The van der Waals surface area contributed by atoms with Crippen LogP contribution in [-0.2, 0) is 28.6 Å². The number of allylic oxidation sites excluding steroid dienone is 1. The molecule has 2 unspecified atom stereocenters. The number of dihydropyridines is 1. The van der Waals surface area contributed by atoms with E-state index < -0.39 is 34.2 Å². The molecule has 0 radical (unpaired) electrons. The van der Waals surface area contributed by atoms with Gasteiger partial charge >= 0.3 is 17.9 Å². The maximum absolute atomic E-state index is 13.2. The van der Waals surface area contributed by atoms with Gasteiger partial charge in [0.05, 0.1) is 40.9 Å². The van der Waals surface area contributed by atoms with Crippen LogP contribution in [0, 0.1) is 10.1 Å². The van der Waals surface area contributed by atoms with E-state index in [9.17, 15) is 24.5 Å². The Morgan fingerprint density at radius 1 is 1.15 bits per heavy atom. The molecule has 2 atom stereocenters. The summed E-state index contributed by atoms with van der Waals surface area (Å²) in [6.45, 7) is 6.26. The number of carbonyl (C=O) groups excluding carboxylic acids is 3. The minimum absolute atomic E-state index is 0.00611. The lowest BCUT2D eigenvalue weighted by Crippen LogP contribution is -2.37. The highest BCUT2D eigenvalue weighted by molar-refractivity contribution is 7.99. The van der Waals surface area contributed by atoms with Crippen LogP contribution in [-0.4, -0.2) is 47.7 Å². The van der Waals surface area contributed by atoms with Gasteiger partial charge in [0, 0.05) is 24.8 Å². The van der Waals surface area contributed by atoms with Crippen molar-refractivity contribution in [1.29, 1.82) is 0 Å². The molecule has 0 fully saturated rings. The molecule has 11 heteroatoms. The molecule has 0 bridgehead atoms. The van der Waals surface area contributed by atoms with Crippen LogP contribution >= 0.6 is 11.8 Å². The van der Waals surface area contributed by atoms with Crippen molar-refractivity contribution in [3.8, 4) is 0 Å². The number of esters is 3. The van der Waals surface area contributed by atoms with Crippen molar-refractivity contribution in [1.82, 2.24) is 5.32 Å². The highest BCUT2D eigenvalue weighted by atomic mass is 32.2. The van der Waals surface area contributed by atoms with Gasteiger partial charge in [0.2, 0.25) is 0 Å². The number of nitrogens with zero attached hydrogens (tertiary/aromatic N) is 1. The maximum atomic E-state index is 13.2. The summed E-state index contributed by atoms with van der Waals surface area (Å²) in [6.07, 6.45) is 1.69. The average molecular weight is 479 g/mol. The molecule has 1 heterocycles. The second-order valence-corrected chi connectivity index (χ2v) is 7.79. The summed E-state index contributed by atoms with van der Waals surface area (Å²) in [7, 11) is 0. The van der Waals surface area contributed by atoms with Crippen molar-refractivity contribution in [3.05, 3.63) is 62.5 Å². The molecule has 0 aromatic heterocycles. The highest BCUT2D eigenvalue weighted by Gasteiger charge is 2.41. The second-order valence-electron chi connectivity index (χ2n) is 6.89. The quantitative estimate of drug-likeness (QED) is 0.185. The lowest BCUT2D eigenvalue weighted by atomic mass is 9.80. The van der Waals surface area contributed by atoms with Gasteiger partial charge in [-0.25, -0.2) is 9.59 Å². The first-order valence-corrected chi connectivity index (χ1v) is 11.4. The zero-order chi connectivity index (χ0) is 24.7. The largest absolute Gasteiger partial charge is 0.463 e. The van der Waals surface area contributed by atoms with Crippen molar-refractivity contribution >= 4 is 35.4 Å². The van der Waals surface area contributed by atoms with Gasteiger partial charge in [-0.05, 0) is 32.6 Å². The van der Waals surface area contributed by atoms with E-state index in [2.05, 4.69) is 5.32 Å². The second kappa shape index (κ2) is 11.5. The van der Waals surface area contributed by atoms with Crippen LogP contribution in [0.5, 0.6) is 0 Å². The predicted octanol–water partition coefficient (Wildman–Crippen LogP) is 3.19. The number of rotatable bonds is 9. The molecule has 1 aromatic rings. The summed E-state index contributed by atoms with van der Waals surface area (Å²) in [5.41, 5.74) is -0.118. The number of non-ortho nitro benzene ring substituents is 1. The molecule has 0 saturated heterocycles. The van der Waals surface area contributed by atoms with Gasteiger partial charge in [0.25, 0.3) is 5.69 Å². The summed E-state index contributed by atoms with van der Waals surface area (Å²) in [4.78, 5) is 48.7. The van der Waals surface area contributed by atoms with Gasteiger partial charge < -0.3 is 19.5 Å². The first-order valence-electron chi connectivity index (χ1n) is 10.2. The third-order valence-electron chi connectivity index (χ3n) is 4.72. The molecule has 1 N–H and O–H groups in total. The minimum Gasteiger partial charge on any atom is -0.463 e. The topological polar surface area (TPSA) is 134 Å². The Kier molecular flexibility index (Phi) is 9.03. The monoisotopic (exact) mass is 478 g/mol. The molecule has 1 aromatic carbocycles. The number of nitro groups is 1. The molecule has 2 rings (SSSR count). The number of thioether (sulfide) groups is 1. The number of benzene rings is 1. The Bertz CT molecular complexity index is 1020. The van der Waals surface area contributed by atoms with Gasteiger partial charge in [-0.3, -0.25) is 14.9 Å². The summed E-state index contributed by atoms with van der Waals surface area (Å²) >= 11 is 1.15. The van der Waals surface area contributed by atoms with Gasteiger partial charge in [-0.1, -0.05) is 12.1 Å². The van der Waals surface area contributed by atoms with Crippen molar-refractivity contribution in [2.75, 3.05) is 19.5 Å². The van der Waals surface area contributed by atoms with Crippen molar-refractivity contribution in [2.24, 2.45) is 0 Å². The molecule has 178 valence electrons. The lowest BCUT2D eigenvalue weighted by Gasteiger charge is -2.33. The molecule has 0 aliphatic carbocycles. The number of hydrogen-bond donors (Lipinski definition) is 1. The summed E-state index contributed by atoms with van der Waals surface area (Å²) in [6, 6.07) is 5.64. The fourth-order valence-corrected chi connectivity index (χ4v) is 4.14. The maximum Gasteiger partial charge on any atom is 0.336 e. The molecule has 0 amide bonds. The first-order chi connectivity index (χ1) is 15.7. The fourth-order valence-electron chi connectivity index (χ4n) is 3.48. The van der Waals surface area contributed by atoms with Gasteiger partial charge in [-0.2, -0.15) is 0 Å². The molecule has 0 spiro atoms. The van der Waals surface area contributed by atoms with Crippen molar-refractivity contribution in [3.63, 3.8) is 0 Å². The number of ether oxygens (including phenoxy) is 3. The van der Waals surface area contributed by atoms with Gasteiger partial charge in [0.1, 0.15) is 0 Å². The molecular weight excluding hydrogens is 452 g/mol. The molecule has 0 saturated carbocycles. The van der Waals surface area contributed by atoms with Crippen LogP contribution in [0.2, 0.25) is 0 Å². The summed E-state index contributed by atoms with van der Waals surface area (Å²) in [5, 5.41) is 14.4. The van der Waals surface area contributed by atoms with E-state index in [0.717, 1.165) is 11.8 Å². The fraction of sp³-hybridized carbons (Fsp3) is 0.409. The molecular formula is C22H26N2O8S. The van der Waals surface area contributed by atoms with Gasteiger partial charge in [0.15, 0.2) is 5.44 Å². The minimum atomic E-state index is -1.05. The molecule has 1 aliphatic rings. The van der Waals surface area contributed by atoms with Crippen LogP contribution in [0.25, 0.3) is 0 Å². The average Bonchev–Trinajstić information content (AvgIpc) is 2.76. The molecule has 33 heavy (non-hydrogen) atoms. The van der Waals surface area contributed by atoms with E-state index in [0.29, 0.717) is 11.3 Å². The van der Waals surface area contributed by atoms with E-state index in [1.807, 2.05) is 0 Å². The van der Waals surface area contributed by atoms with E-state index in [-0.39, 0.29) is 35.7 Å². The van der Waals surface area contributed by atoms with Crippen LogP contribution < -0.4 is 5.32 Å². The SMILES string of the molecule is CCOC(=O)C1=C(C)NC(C(OC(C)=O)SC)=C(C(=O)OCC)C1c1cccc([N+](=O)[O-])c1. The van der Waals surface area contributed by atoms with E-state index in [4.69, 9.17) is 14.2 Å². The summed E-state index contributed by atoms with van der Waals surface area (Å²) in [5.74, 6) is -3.06. The Morgan fingerprint density at radius 2 is 1.76 bits per heavy atom. The number of carbonyl (C=O) groups is 3. The summed E-state index contributed by atoms with van der Waals surface area (Å²) < 4.78 is 15.9. The third-order valence-corrected chi connectivity index (χ3v) is 5.48. The highest BCUT2D eigenvalue weighted by Crippen LogP contribution is 2.42. The normalized spacial score (nSPS) is 16.6. The van der Waals surface area contributed by atoms with E-state index in [1.165, 1.54) is 25.1 Å². The van der Waals surface area contributed by atoms with E-state index >= 15 is 0 Å². The van der Waals surface area contributed by atoms with Gasteiger partial charge in [-0.15, -0.1) is 11.8 Å². The van der Waals surface area contributed by atoms with Crippen LogP contribution in [0.4, 0.5) is 5.69 Å². The Labute approximate surface area is 195 Å². The van der Waals surface area contributed by atoms with Crippen LogP contribution in [0.1, 0.15) is 39.2 Å². The van der Waals surface area contributed by atoms with Crippen molar-refractivity contribution in [2.45, 2.75) is 39.0 Å². The Balaban J connectivity index is 2.86. The number of hydrogen-bond acceptors (Lipinski definition) is 10. The standard InChI is InChI=1S/C22H26N2O8S/c1-6-30-20(26)16-12(3)23-19(22(33-5)32-13(4)25)18(21(27)31-7-2)17(16)14-9-8-10-15(11-14)24(28)29/h8-11,17,22-23H,6-7H2,1-5H3. The Hall–Kier alpha value is -3.34. The molecule has 10 nitrogen and oxygen atoms in total. The van der Waals surface area contributed by atoms with E-state index in [1.54, 1.807) is 33.1 Å². The zero-order valence-electron chi connectivity index (χ0n) is 19.0. The number of nitrogens with one attached hydrogen (secondary N) is 1. The van der Waals surface area contributed by atoms with Crippen molar-refractivity contribution < 1.29 is 33.5 Å². The number of nitro benzene ring substituents is 1. The predicted molar refractivity (Wildman–Crippen MR) is 121 cm³/mol. The molecule has 1 aliphatic heterocycles. The lowest BCUT2D eigenvalue weighted by molar-refractivity contribution is -0.384. The van der Waals surface area contributed by atoms with Crippen LogP contribution in [0.15, 0.2) is 46.8 Å². The smallest absolute Gasteiger partial charge is 0.336 e. The third kappa shape index (κ3) is 5.92. The Morgan fingerprint density at radius 3 is 2.27 bits per heavy atom. The van der Waals surface area contributed by atoms with Crippen LogP contribution in [0.3, 0.4) is 0 Å². The first kappa shape index (κ1) is 25.9. The zero-order valence-corrected chi connectivity index (χ0v) is 19.8.